The van der Waals surface area contributed by atoms with Crippen molar-refractivity contribution in [2.45, 2.75) is 59.0 Å². The molecule has 0 amide bonds. The number of aryl methyl sites for hydroxylation is 2. The molecule has 0 aliphatic carbocycles. The molecular weight excluding hydrogens is 400 g/mol. The van der Waals surface area contributed by atoms with E-state index in [1.165, 1.54) is 22.3 Å². The summed E-state index contributed by atoms with van der Waals surface area (Å²) in [5, 5.41) is 0. The molecule has 4 nitrogen and oxygen atoms in total. The number of benzene rings is 2. The highest BCUT2D eigenvalue weighted by atomic mass is 16.5. The molecule has 2 aromatic rings. The normalized spacial score (nSPS) is 13.7. The second-order valence-electron chi connectivity index (χ2n) is 9.02. The van der Waals surface area contributed by atoms with Gasteiger partial charge in [0, 0.05) is 11.6 Å². The molecule has 0 aromatic heterocycles. The molecule has 3 rings (SSSR count). The summed E-state index contributed by atoms with van der Waals surface area (Å²) in [6, 6.07) is 8.19. The minimum atomic E-state index is -0.347. The molecule has 172 valence electrons. The largest absolute Gasteiger partial charge is 0.497 e. The first-order chi connectivity index (χ1) is 15.3. The molecule has 0 saturated heterocycles. The van der Waals surface area contributed by atoms with Gasteiger partial charge in [0.2, 0.25) is 0 Å². The van der Waals surface area contributed by atoms with E-state index in [4.69, 9.17) is 18.9 Å². The molecule has 1 heterocycles. The molecule has 2 aromatic carbocycles. The van der Waals surface area contributed by atoms with Crippen molar-refractivity contribution in [3.05, 3.63) is 64.2 Å². The lowest BCUT2D eigenvalue weighted by atomic mass is 9.89. The van der Waals surface area contributed by atoms with Crippen LogP contribution < -0.4 is 18.9 Å². The quantitative estimate of drug-likeness (QED) is 0.416. The van der Waals surface area contributed by atoms with E-state index in [0.717, 1.165) is 54.2 Å². The van der Waals surface area contributed by atoms with Gasteiger partial charge in [-0.25, -0.2) is 0 Å². The Balaban J connectivity index is 1.91. The molecule has 0 N–H and O–H groups in total. The van der Waals surface area contributed by atoms with Crippen LogP contribution in [0.4, 0.5) is 0 Å². The van der Waals surface area contributed by atoms with E-state index in [-0.39, 0.29) is 5.60 Å². The first-order valence-corrected chi connectivity index (χ1v) is 11.2. The maximum Gasteiger partial charge on any atom is 0.169 e. The second-order valence-corrected chi connectivity index (χ2v) is 9.02. The van der Waals surface area contributed by atoms with Crippen molar-refractivity contribution < 1.29 is 18.9 Å². The van der Waals surface area contributed by atoms with Gasteiger partial charge >= 0.3 is 0 Å². The number of ether oxygens (including phenoxy) is 4. The third kappa shape index (κ3) is 5.48. The van der Waals surface area contributed by atoms with Gasteiger partial charge in [0.1, 0.15) is 17.1 Å². The molecule has 0 unspecified atom stereocenters. The minimum absolute atomic E-state index is 0.347. The van der Waals surface area contributed by atoms with Crippen molar-refractivity contribution in [3.8, 4) is 23.0 Å². The lowest BCUT2D eigenvalue weighted by Crippen LogP contribution is -2.28. The lowest BCUT2D eigenvalue weighted by Gasteiger charge is -2.31. The lowest BCUT2D eigenvalue weighted by molar-refractivity contribution is 0.152. The van der Waals surface area contributed by atoms with Crippen LogP contribution in [0.25, 0.3) is 6.08 Å². The third-order valence-electron chi connectivity index (χ3n) is 5.82. The zero-order valence-corrected chi connectivity index (χ0v) is 20.5. The third-order valence-corrected chi connectivity index (χ3v) is 5.82. The second kappa shape index (κ2) is 10.2. The van der Waals surface area contributed by atoms with Gasteiger partial charge in [-0.2, -0.15) is 0 Å². The van der Waals surface area contributed by atoms with Gasteiger partial charge in [-0.1, -0.05) is 23.8 Å². The SMILES string of the molecule is COc1ccc(CCCc2cc(OC)c3c(c2CC=C(C)C)C=CC(C)(C)O3)c(OC)c1. The fraction of sp³-hybridized carbons (Fsp3) is 0.429. The summed E-state index contributed by atoms with van der Waals surface area (Å²) in [4.78, 5) is 0. The highest BCUT2D eigenvalue weighted by Crippen LogP contribution is 2.43. The molecule has 0 atom stereocenters. The number of hydrogen-bond donors (Lipinski definition) is 0. The van der Waals surface area contributed by atoms with E-state index in [2.05, 4.69) is 58.1 Å². The first-order valence-electron chi connectivity index (χ1n) is 11.2. The number of rotatable bonds is 9. The summed E-state index contributed by atoms with van der Waals surface area (Å²) in [5.74, 6) is 3.33. The Morgan fingerprint density at radius 3 is 2.31 bits per heavy atom. The van der Waals surface area contributed by atoms with E-state index in [1.54, 1.807) is 21.3 Å². The van der Waals surface area contributed by atoms with Gasteiger partial charge < -0.3 is 18.9 Å². The molecule has 0 bridgehead atoms. The van der Waals surface area contributed by atoms with Gasteiger partial charge in [0.15, 0.2) is 11.5 Å². The van der Waals surface area contributed by atoms with Crippen molar-refractivity contribution in [3.63, 3.8) is 0 Å². The fourth-order valence-electron chi connectivity index (χ4n) is 4.07. The van der Waals surface area contributed by atoms with Crippen LogP contribution in [-0.4, -0.2) is 26.9 Å². The summed E-state index contributed by atoms with van der Waals surface area (Å²) in [5.41, 5.74) is 5.91. The monoisotopic (exact) mass is 436 g/mol. The summed E-state index contributed by atoms with van der Waals surface area (Å²) >= 11 is 0. The average Bonchev–Trinajstić information content (AvgIpc) is 2.77. The topological polar surface area (TPSA) is 36.9 Å². The predicted molar refractivity (Wildman–Crippen MR) is 131 cm³/mol. The zero-order valence-electron chi connectivity index (χ0n) is 20.5. The number of hydrogen-bond acceptors (Lipinski definition) is 4. The highest BCUT2D eigenvalue weighted by Gasteiger charge is 2.27. The van der Waals surface area contributed by atoms with Gasteiger partial charge in [-0.15, -0.1) is 0 Å². The van der Waals surface area contributed by atoms with Crippen LogP contribution in [0.1, 0.15) is 56.4 Å². The number of allylic oxidation sites excluding steroid dienone is 2. The van der Waals surface area contributed by atoms with E-state index in [0.29, 0.717) is 0 Å². The van der Waals surface area contributed by atoms with E-state index in [1.807, 2.05) is 12.1 Å². The summed E-state index contributed by atoms with van der Waals surface area (Å²) in [6.45, 7) is 8.41. The Morgan fingerprint density at radius 2 is 1.66 bits per heavy atom. The van der Waals surface area contributed by atoms with Crippen LogP contribution in [0.15, 0.2) is 42.0 Å². The minimum Gasteiger partial charge on any atom is -0.497 e. The number of fused-ring (bicyclic) bond motifs is 1. The average molecular weight is 437 g/mol. The Morgan fingerprint density at radius 1 is 0.938 bits per heavy atom. The molecule has 0 saturated carbocycles. The summed E-state index contributed by atoms with van der Waals surface area (Å²) in [6.07, 6.45) is 10.4. The van der Waals surface area contributed by atoms with Crippen LogP contribution >= 0.6 is 0 Å². The highest BCUT2D eigenvalue weighted by molar-refractivity contribution is 5.70. The zero-order chi connectivity index (χ0) is 23.3. The van der Waals surface area contributed by atoms with Crippen molar-refractivity contribution in [2.24, 2.45) is 0 Å². The molecule has 32 heavy (non-hydrogen) atoms. The Bertz CT molecular complexity index is 1010. The van der Waals surface area contributed by atoms with Crippen molar-refractivity contribution in [2.75, 3.05) is 21.3 Å². The Kier molecular flexibility index (Phi) is 7.55. The van der Waals surface area contributed by atoms with Crippen LogP contribution in [0.3, 0.4) is 0 Å². The standard InChI is InChI=1S/C28H36O4/c1-19(2)11-14-23-21(10-8-9-20-12-13-22(29-5)18-25(20)30-6)17-26(31-7)27-24(23)15-16-28(3,4)32-27/h11-13,15-18H,8-10,14H2,1-7H3. The maximum absolute atomic E-state index is 6.31. The van der Waals surface area contributed by atoms with Gasteiger partial charge in [0.25, 0.3) is 0 Å². The first kappa shape index (κ1) is 23.8. The van der Waals surface area contributed by atoms with E-state index < -0.39 is 0 Å². The fourth-order valence-corrected chi connectivity index (χ4v) is 4.07. The van der Waals surface area contributed by atoms with Crippen molar-refractivity contribution >= 4 is 6.08 Å². The molecule has 0 radical (unpaired) electrons. The van der Waals surface area contributed by atoms with E-state index in [9.17, 15) is 0 Å². The van der Waals surface area contributed by atoms with E-state index >= 15 is 0 Å². The van der Waals surface area contributed by atoms with Crippen molar-refractivity contribution in [1.29, 1.82) is 0 Å². The Labute approximate surface area is 192 Å². The maximum atomic E-state index is 6.31. The van der Waals surface area contributed by atoms with Crippen LogP contribution in [0.5, 0.6) is 23.0 Å². The summed E-state index contributed by atoms with van der Waals surface area (Å²) < 4.78 is 23.0. The molecule has 1 aliphatic rings. The Hall–Kier alpha value is -2.88. The summed E-state index contributed by atoms with van der Waals surface area (Å²) in [7, 11) is 5.09. The van der Waals surface area contributed by atoms with Gasteiger partial charge in [0.05, 0.1) is 21.3 Å². The van der Waals surface area contributed by atoms with Crippen LogP contribution in [0, 0.1) is 0 Å². The van der Waals surface area contributed by atoms with Crippen molar-refractivity contribution in [1.82, 2.24) is 0 Å². The smallest absolute Gasteiger partial charge is 0.169 e. The predicted octanol–water partition coefficient (Wildman–Crippen LogP) is 6.58. The van der Waals surface area contributed by atoms with Crippen LogP contribution in [-0.2, 0) is 19.3 Å². The molecule has 0 fully saturated rings. The molecule has 1 aliphatic heterocycles. The molecular formula is C28H36O4. The van der Waals surface area contributed by atoms with Gasteiger partial charge in [-0.3, -0.25) is 0 Å². The van der Waals surface area contributed by atoms with Crippen LogP contribution in [0.2, 0.25) is 0 Å². The number of methoxy groups -OCH3 is 3. The molecule has 4 heteroatoms. The van der Waals surface area contributed by atoms with Gasteiger partial charge in [-0.05, 0) is 88.3 Å². The molecule has 0 spiro atoms.